The summed E-state index contributed by atoms with van der Waals surface area (Å²) in [5, 5.41) is 0. The van der Waals surface area contributed by atoms with Gasteiger partial charge in [-0.1, -0.05) is 77.1 Å². The van der Waals surface area contributed by atoms with Gasteiger partial charge in [0.2, 0.25) is 12.7 Å². The first-order chi connectivity index (χ1) is 19.7. The van der Waals surface area contributed by atoms with E-state index >= 15 is 0 Å². The van der Waals surface area contributed by atoms with Gasteiger partial charge in [-0.2, -0.15) is 0 Å². The Morgan fingerprint density at radius 2 is 0.857 bits per heavy atom. The predicted octanol–water partition coefficient (Wildman–Crippen LogP) is 1.97. The average Bonchev–Trinajstić information content (AvgIpc) is 3.66. The molecular weight excluding hydrogens is 648 g/mol. The van der Waals surface area contributed by atoms with E-state index in [1.807, 2.05) is 0 Å². The van der Waals surface area contributed by atoms with Crippen molar-refractivity contribution < 1.29 is 43.1 Å². The number of halogens is 2. The average molecular weight is 697 g/mol. The van der Waals surface area contributed by atoms with Crippen molar-refractivity contribution >= 4 is 0 Å². The van der Waals surface area contributed by atoms with E-state index in [1.165, 1.54) is 77.0 Å². The smallest absolute Gasteiger partial charge is 0.248 e. The lowest BCUT2D eigenvalue weighted by Gasteiger charge is -1.99. The van der Waals surface area contributed by atoms with Crippen LogP contribution in [0.1, 0.15) is 102 Å². The molecule has 0 atom stereocenters. The molecule has 6 heteroatoms. The highest BCUT2D eigenvalue weighted by Crippen LogP contribution is 2.11. The summed E-state index contributed by atoms with van der Waals surface area (Å²) in [4.78, 5) is 0. The maximum Gasteiger partial charge on any atom is 0.248 e. The normalized spacial score (nSPS) is 10.4. The van der Waals surface area contributed by atoms with Crippen LogP contribution in [0.4, 0.5) is 0 Å². The van der Waals surface area contributed by atoms with Crippen LogP contribution in [0.3, 0.4) is 0 Å². The Hall–Kier alpha value is -2.62. The molecule has 0 amide bonds. The third kappa shape index (κ3) is 11.9. The molecule has 0 saturated carbocycles. The molecule has 226 valence electrons. The SMILES string of the molecule is CCCCCCCC[n+]1ccn(-c2ccc(C#Cc3ccc(-n4cc[n+](CCCCCCCC)c4)cc3)cc2)c1.[Br-].[Br-]. The molecule has 4 aromatic rings. The molecule has 0 unspecified atom stereocenters. The molecule has 0 fully saturated rings. The summed E-state index contributed by atoms with van der Waals surface area (Å²) in [5.74, 6) is 6.65. The highest BCUT2D eigenvalue weighted by Gasteiger charge is 2.08. The summed E-state index contributed by atoms with van der Waals surface area (Å²) in [6.45, 7) is 6.72. The van der Waals surface area contributed by atoms with E-state index in [0.717, 1.165) is 35.6 Å². The van der Waals surface area contributed by atoms with Gasteiger partial charge in [-0.25, -0.2) is 18.3 Å². The molecule has 0 radical (unpaired) electrons. The maximum atomic E-state index is 3.32. The van der Waals surface area contributed by atoms with Crippen molar-refractivity contribution in [1.82, 2.24) is 9.13 Å². The molecule has 0 aliphatic heterocycles. The Morgan fingerprint density at radius 3 is 1.24 bits per heavy atom. The van der Waals surface area contributed by atoms with Gasteiger partial charge in [0.25, 0.3) is 0 Å². The van der Waals surface area contributed by atoms with E-state index in [4.69, 9.17) is 0 Å². The van der Waals surface area contributed by atoms with Gasteiger partial charge < -0.3 is 34.0 Å². The van der Waals surface area contributed by atoms with Crippen molar-refractivity contribution in [3.8, 4) is 23.2 Å². The molecule has 2 aromatic heterocycles. The first-order valence-electron chi connectivity index (χ1n) is 15.6. The number of rotatable bonds is 16. The van der Waals surface area contributed by atoms with E-state index in [1.54, 1.807) is 0 Å². The fourth-order valence-corrected chi connectivity index (χ4v) is 5.09. The number of aryl methyl sites for hydroxylation is 2. The van der Waals surface area contributed by atoms with Crippen molar-refractivity contribution in [2.75, 3.05) is 0 Å². The fraction of sp³-hybridized carbons (Fsp3) is 0.444. The zero-order valence-electron chi connectivity index (χ0n) is 25.5. The molecule has 2 aromatic carbocycles. The molecule has 0 aliphatic rings. The van der Waals surface area contributed by atoms with Gasteiger partial charge in [-0.3, -0.25) is 0 Å². The van der Waals surface area contributed by atoms with Gasteiger partial charge in [0.1, 0.15) is 36.2 Å². The minimum absolute atomic E-state index is 0. The van der Waals surface area contributed by atoms with Crippen LogP contribution in [0.15, 0.2) is 86.0 Å². The number of hydrogen-bond donors (Lipinski definition) is 0. The van der Waals surface area contributed by atoms with Gasteiger partial charge >= 0.3 is 0 Å². The monoisotopic (exact) mass is 694 g/mol. The number of unbranched alkanes of at least 4 members (excludes halogenated alkanes) is 10. The molecule has 4 rings (SSSR count). The molecule has 0 aliphatic carbocycles. The fourth-order valence-electron chi connectivity index (χ4n) is 5.09. The Kier molecular flexibility index (Phi) is 17.2. The quantitative estimate of drug-likeness (QED) is 0.0971. The minimum atomic E-state index is 0. The second-order valence-electron chi connectivity index (χ2n) is 11.0. The molecule has 2 heterocycles. The summed E-state index contributed by atoms with van der Waals surface area (Å²) in [5.41, 5.74) is 4.39. The number of hydrogen-bond acceptors (Lipinski definition) is 0. The van der Waals surface area contributed by atoms with Crippen LogP contribution in [0.25, 0.3) is 11.4 Å². The first-order valence-corrected chi connectivity index (χ1v) is 15.6. The Morgan fingerprint density at radius 1 is 0.500 bits per heavy atom. The van der Waals surface area contributed by atoms with Gasteiger partial charge in [0.15, 0.2) is 0 Å². The van der Waals surface area contributed by atoms with Crippen LogP contribution in [0.5, 0.6) is 0 Å². The van der Waals surface area contributed by atoms with E-state index in [0.29, 0.717) is 0 Å². The number of benzene rings is 2. The standard InChI is InChI=1S/C36H48N4.2BrH/c1-3-5-7-9-11-13-25-37-27-29-39(31-37)35-21-17-33(18-22-35)15-16-34-19-23-36(24-20-34)40-30-28-38(32-40)26-14-12-10-8-6-4-2;;/h17-24,27-32H,3-14,25-26H2,1-2H3;2*1H/q+2;;/p-2. The summed E-state index contributed by atoms with van der Waals surface area (Å²) in [6, 6.07) is 17.0. The summed E-state index contributed by atoms with van der Waals surface area (Å²) in [7, 11) is 0. The third-order valence-electron chi connectivity index (χ3n) is 7.60. The highest BCUT2D eigenvalue weighted by molar-refractivity contribution is 5.47. The number of aromatic nitrogens is 4. The van der Waals surface area contributed by atoms with E-state index < -0.39 is 0 Å². The van der Waals surface area contributed by atoms with E-state index in [2.05, 4.69) is 130 Å². The van der Waals surface area contributed by atoms with Crippen LogP contribution in [0.2, 0.25) is 0 Å². The van der Waals surface area contributed by atoms with Gasteiger partial charge in [-0.05, 0) is 74.2 Å². The molecular formula is C36H48Br2N4. The van der Waals surface area contributed by atoms with Gasteiger partial charge in [-0.15, -0.1) is 0 Å². The molecule has 0 spiro atoms. The summed E-state index contributed by atoms with van der Waals surface area (Å²) < 4.78 is 8.96. The first kappa shape index (κ1) is 35.6. The Bertz CT molecular complexity index is 1230. The van der Waals surface area contributed by atoms with Crippen molar-refractivity contribution in [2.45, 2.75) is 104 Å². The Balaban J connectivity index is 0.00000308. The summed E-state index contributed by atoms with van der Waals surface area (Å²) in [6.07, 6.45) is 28.9. The lowest BCUT2D eigenvalue weighted by atomic mass is 10.1. The third-order valence-corrected chi connectivity index (χ3v) is 7.60. The zero-order chi connectivity index (χ0) is 27.8. The van der Waals surface area contributed by atoms with E-state index in [-0.39, 0.29) is 34.0 Å². The molecule has 42 heavy (non-hydrogen) atoms. The second-order valence-corrected chi connectivity index (χ2v) is 11.0. The number of imidazole rings is 2. The van der Waals surface area contributed by atoms with Crippen LogP contribution >= 0.6 is 0 Å². The van der Waals surface area contributed by atoms with E-state index in [9.17, 15) is 0 Å². The predicted molar refractivity (Wildman–Crippen MR) is 165 cm³/mol. The van der Waals surface area contributed by atoms with Crippen LogP contribution in [-0.4, -0.2) is 9.13 Å². The lowest BCUT2D eigenvalue weighted by Crippen LogP contribution is -3.00. The molecule has 0 bridgehead atoms. The van der Waals surface area contributed by atoms with Crippen LogP contribution in [0, 0.1) is 11.8 Å². The summed E-state index contributed by atoms with van der Waals surface area (Å²) >= 11 is 0. The van der Waals surface area contributed by atoms with Gasteiger partial charge in [0, 0.05) is 11.1 Å². The lowest BCUT2D eigenvalue weighted by molar-refractivity contribution is -0.696. The van der Waals surface area contributed by atoms with Crippen molar-refractivity contribution in [3.05, 3.63) is 97.1 Å². The van der Waals surface area contributed by atoms with Crippen molar-refractivity contribution in [1.29, 1.82) is 0 Å². The molecule has 0 saturated heterocycles. The van der Waals surface area contributed by atoms with Crippen LogP contribution in [-0.2, 0) is 13.1 Å². The Labute approximate surface area is 275 Å². The highest BCUT2D eigenvalue weighted by atomic mass is 79.9. The zero-order valence-corrected chi connectivity index (χ0v) is 28.7. The maximum absolute atomic E-state index is 3.32. The minimum Gasteiger partial charge on any atom is -1.00 e. The molecule has 0 N–H and O–H groups in total. The largest absolute Gasteiger partial charge is 1.00 e. The van der Waals surface area contributed by atoms with Crippen LogP contribution < -0.4 is 43.1 Å². The van der Waals surface area contributed by atoms with Crippen molar-refractivity contribution in [3.63, 3.8) is 0 Å². The molecule has 4 nitrogen and oxygen atoms in total. The van der Waals surface area contributed by atoms with Crippen molar-refractivity contribution in [2.24, 2.45) is 0 Å². The second kappa shape index (κ2) is 20.3. The number of nitrogens with zero attached hydrogens (tertiary/aromatic N) is 4. The topological polar surface area (TPSA) is 17.6 Å². The van der Waals surface area contributed by atoms with Gasteiger partial charge in [0.05, 0.1) is 13.1 Å².